The predicted octanol–water partition coefficient (Wildman–Crippen LogP) is 3.89. The van der Waals surface area contributed by atoms with E-state index in [1.165, 1.54) is 59.4 Å². The van der Waals surface area contributed by atoms with Gasteiger partial charge in [0.2, 0.25) is 0 Å². The number of methoxy groups -OCH3 is 2. The largest absolute Gasteiger partial charge is 0.497 e. The number of aliphatic hydroxyl groups is 1. The van der Waals surface area contributed by atoms with Gasteiger partial charge in [0.25, 0.3) is 15.9 Å². The van der Waals surface area contributed by atoms with E-state index in [0.717, 1.165) is 0 Å². The molecule has 3 aromatic carbocycles. The summed E-state index contributed by atoms with van der Waals surface area (Å²) in [7, 11) is 0.716. The molecule has 236 valence electrons. The standard InChI is InChI=1S/C31H38N4O8S/c1-20-17-35(21(2)19-36)30(37)27-16-23(33-44(39,40)26-13-11-25(42-5)12-14-26)8-15-28(27)43-29(20)18-34(3)31(38)32-22-6-9-24(41-4)10-7-22/h6-16,20-21,29,33,36H,17-19H2,1-5H3,(H,32,38)/t20-,21-,29+/m1/s1. The van der Waals surface area contributed by atoms with Crippen LogP contribution in [-0.2, 0) is 10.0 Å². The topological polar surface area (TPSA) is 147 Å². The molecule has 3 amide bonds. The van der Waals surface area contributed by atoms with Crippen molar-refractivity contribution in [1.29, 1.82) is 0 Å². The molecular formula is C31H38N4O8S. The first-order valence-corrected chi connectivity index (χ1v) is 15.5. The number of amides is 3. The predicted molar refractivity (Wildman–Crippen MR) is 166 cm³/mol. The molecule has 3 aromatic rings. The SMILES string of the molecule is COc1ccc(NC(=O)N(C)C[C@@H]2Oc3ccc(NS(=O)(=O)c4ccc(OC)cc4)cc3C(=O)N([C@H](C)CO)C[C@H]2C)cc1. The lowest BCUT2D eigenvalue weighted by molar-refractivity contribution is 0.0371. The van der Waals surface area contributed by atoms with Gasteiger partial charge in [0, 0.05) is 30.9 Å². The Bertz CT molecular complexity index is 1560. The number of carbonyl (C=O) groups excluding carboxylic acids is 2. The van der Waals surface area contributed by atoms with E-state index in [1.54, 1.807) is 45.3 Å². The van der Waals surface area contributed by atoms with Crippen LogP contribution in [0.1, 0.15) is 24.2 Å². The van der Waals surface area contributed by atoms with Crippen LogP contribution < -0.4 is 24.2 Å². The average molecular weight is 627 g/mol. The summed E-state index contributed by atoms with van der Waals surface area (Å²) in [6.45, 7) is 3.79. The molecule has 0 fully saturated rings. The van der Waals surface area contributed by atoms with E-state index in [4.69, 9.17) is 14.2 Å². The lowest BCUT2D eigenvalue weighted by atomic mass is 9.99. The Balaban J connectivity index is 1.59. The van der Waals surface area contributed by atoms with Gasteiger partial charge in [-0.3, -0.25) is 9.52 Å². The van der Waals surface area contributed by atoms with Crippen LogP contribution in [0.5, 0.6) is 17.2 Å². The Morgan fingerprint density at radius 3 is 2.23 bits per heavy atom. The minimum atomic E-state index is -3.98. The van der Waals surface area contributed by atoms with Crippen LogP contribution in [0.4, 0.5) is 16.2 Å². The lowest BCUT2D eigenvalue weighted by Gasteiger charge is -2.38. The molecule has 3 N–H and O–H groups in total. The summed E-state index contributed by atoms with van der Waals surface area (Å²) in [5, 5.41) is 12.8. The van der Waals surface area contributed by atoms with E-state index in [-0.39, 0.29) is 53.5 Å². The summed E-state index contributed by atoms with van der Waals surface area (Å²) in [5.41, 5.74) is 0.884. The molecule has 0 aromatic heterocycles. The highest BCUT2D eigenvalue weighted by Gasteiger charge is 2.34. The third-order valence-electron chi connectivity index (χ3n) is 7.43. The van der Waals surface area contributed by atoms with Crippen LogP contribution in [0.3, 0.4) is 0 Å². The third-order valence-corrected chi connectivity index (χ3v) is 8.83. The van der Waals surface area contributed by atoms with Gasteiger partial charge in [-0.2, -0.15) is 0 Å². The zero-order chi connectivity index (χ0) is 32.0. The van der Waals surface area contributed by atoms with Crippen molar-refractivity contribution in [2.75, 3.05) is 51.0 Å². The number of likely N-dealkylation sites (N-methyl/N-ethyl adjacent to an activating group) is 1. The van der Waals surface area contributed by atoms with Gasteiger partial charge in [-0.25, -0.2) is 13.2 Å². The molecule has 1 heterocycles. The fraction of sp³-hybridized carbons (Fsp3) is 0.355. The van der Waals surface area contributed by atoms with Gasteiger partial charge in [-0.1, -0.05) is 6.92 Å². The first-order valence-electron chi connectivity index (χ1n) is 14.0. The molecule has 0 bridgehead atoms. The summed E-state index contributed by atoms with van der Waals surface area (Å²) >= 11 is 0. The summed E-state index contributed by atoms with van der Waals surface area (Å²) in [6.07, 6.45) is -0.538. The minimum absolute atomic E-state index is 0.0213. The van der Waals surface area contributed by atoms with Gasteiger partial charge >= 0.3 is 6.03 Å². The highest BCUT2D eigenvalue weighted by Crippen LogP contribution is 2.31. The normalized spacial score (nSPS) is 17.3. The van der Waals surface area contributed by atoms with Crippen molar-refractivity contribution in [1.82, 2.24) is 9.80 Å². The number of nitrogens with one attached hydrogen (secondary N) is 2. The molecule has 0 radical (unpaired) electrons. The van der Waals surface area contributed by atoms with Gasteiger partial charge in [0.05, 0.1) is 43.9 Å². The number of ether oxygens (including phenoxy) is 3. The van der Waals surface area contributed by atoms with E-state index in [0.29, 0.717) is 17.2 Å². The van der Waals surface area contributed by atoms with Crippen molar-refractivity contribution in [3.05, 3.63) is 72.3 Å². The molecule has 0 unspecified atom stereocenters. The minimum Gasteiger partial charge on any atom is -0.497 e. The van der Waals surface area contributed by atoms with Crippen LogP contribution in [-0.4, -0.2) is 88.4 Å². The van der Waals surface area contributed by atoms with Crippen LogP contribution in [0.15, 0.2) is 71.6 Å². The summed E-state index contributed by atoms with van der Waals surface area (Å²) in [5.74, 6) is 0.768. The van der Waals surface area contributed by atoms with Gasteiger partial charge in [0.15, 0.2) is 0 Å². The number of rotatable bonds is 10. The fourth-order valence-electron chi connectivity index (χ4n) is 4.72. The molecule has 0 saturated carbocycles. The van der Waals surface area contributed by atoms with Crippen molar-refractivity contribution in [3.63, 3.8) is 0 Å². The second kappa shape index (κ2) is 13.9. The Morgan fingerprint density at radius 2 is 1.64 bits per heavy atom. The molecule has 12 nitrogen and oxygen atoms in total. The Hall–Kier alpha value is -4.49. The van der Waals surface area contributed by atoms with Crippen LogP contribution in [0.2, 0.25) is 0 Å². The number of carbonyl (C=O) groups is 2. The second-order valence-electron chi connectivity index (χ2n) is 10.7. The quantitative estimate of drug-likeness (QED) is 0.307. The maximum absolute atomic E-state index is 13.7. The molecule has 1 aliphatic rings. The number of benzene rings is 3. The highest BCUT2D eigenvalue weighted by atomic mass is 32.2. The van der Waals surface area contributed by atoms with Gasteiger partial charge in [-0.15, -0.1) is 0 Å². The maximum atomic E-state index is 13.7. The number of sulfonamides is 1. The molecular weight excluding hydrogens is 588 g/mol. The van der Waals surface area contributed by atoms with Crippen molar-refractivity contribution >= 4 is 33.3 Å². The smallest absolute Gasteiger partial charge is 0.321 e. The molecule has 3 atom stereocenters. The van der Waals surface area contributed by atoms with Crippen molar-refractivity contribution < 1.29 is 37.3 Å². The monoisotopic (exact) mass is 626 g/mol. The highest BCUT2D eigenvalue weighted by molar-refractivity contribution is 7.92. The molecule has 0 spiro atoms. The zero-order valence-electron chi connectivity index (χ0n) is 25.3. The van der Waals surface area contributed by atoms with Gasteiger partial charge in [0.1, 0.15) is 23.4 Å². The van der Waals surface area contributed by atoms with E-state index < -0.39 is 28.1 Å². The second-order valence-corrected chi connectivity index (χ2v) is 12.3. The van der Waals surface area contributed by atoms with Crippen LogP contribution in [0, 0.1) is 5.92 Å². The lowest BCUT2D eigenvalue weighted by Crippen LogP contribution is -2.50. The van der Waals surface area contributed by atoms with Crippen molar-refractivity contribution in [2.45, 2.75) is 30.9 Å². The van der Waals surface area contributed by atoms with E-state index in [1.807, 2.05) is 6.92 Å². The molecule has 0 aliphatic carbocycles. The van der Waals surface area contributed by atoms with Crippen LogP contribution >= 0.6 is 0 Å². The molecule has 13 heteroatoms. The number of urea groups is 1. The zero-order valence-corrected chi connectivity index (χ0v) is 26.1. The molecule has 1 aliphatic heterocycles. The number of fused-ring (bicyclic) bond motifs is 1. The van der Waals surface area contributed by atoms with Gasteiger partial charge < -0.3 is 34.4 Å². The number of aliphatic hydroxyl groups excluding tert-OH is 1. The molecule has 4 rings (SSSR count). The maximum Gasteiger partial charge on any atom is 0.321 e. The van der Waals surface area contributed by atoms with Crippen LogP contribution in [0.25, 0.3) is 0 Å². The average Bonchev–Trinajstić information content (AvgIpc) is 3.02. The molecule has 44 heavy (non-hydrogen) atoms. The first-order chi connectivity index (χ1) is 20.9. The van der Waals surface area contributed by atoms with E-state index in [9.17, 15) is 23.1 Å². The van der Waals surface area contributed by atoms with Crippen molar-refractivity contribution in [3.8, 4) is 17.2 Å². The number of anilines is 2. The van der Waals surface area contributed by atoms with E-state index >= 15 is 0 Å². The number of nitrogens with zero attached hydrogens (tertiary/aromatic N) is 2. The summed E-state index contributed by atoms with van der Waals surface area (Å²) < 4.78 is 45.3. The first kappa shape index (κ1) is 32.4. The summed E-state index contributed by atoms with van der Waals surface area (Å²) in [4.78, 5) is 29.8. The summed E-state index contributed by atoms with van der Waals surface area (Å²) in [6, 6.07) is 16.4. The van der Waals surface area contributed by atoms with E-state index in [2.05, 4.69) is 10.0 Å². The number of hydrogen-bond acceptors (Lipinski definition) is 8. The fourth-order valence-corrected chi connectivity index (χ4v) is 5.77. The molecule has 0 saturated heterocycles. The Morgan fingerprint density at radius 1 is 1.05 bits per heavy atom. The Kier molecular flexibility index (Phi) is 10.2. The Labute approximate surface area is 257 Å². The van der Waals surface area contributed by atoms with Crippen molar-refractivity contribution in [2.24, 2.45) is 5.92 Å². The van der Waals surface area contributed by atoms with Gasteiger partial charge in [-0.05, 0) is 73.7 Å². The third kappa shape index (κ3) is 7.53. The number of hydrogen-bond donors (Lipinski definition) is 3.